The number of benzene rings is 1. The van der Waals surface area contributed by atoms with Crippen LogP contribution in [0.25, 0.3) is 0 Å². The van der Waals surface area contributed by atoms with Crippen molar-refractivity contribution in [2.24, 2.45) is 0 Å². The molecule has 0 amide bonds. The summed E-state index contributed by atoms with van der Waals surface area (Å²) in [7, 11) is 0. The number of aromatic nitrogens is 2. The first-order valence-electron chi connectivity index (χ1n) is 8.92. The molecule has 1 aromatic heterocycles. The van der Waals surface area contributed by atoms with Crippen LogP contribution < -0.4 is 10.2 Å². The summed E-state index contributed by atoms with van der Waals surface area (Å²) in [5.41, 5.74) is 3.94. The van der Waals surface area contributed by atoms with Gasteiger partial charge in [-0.3, -0.25) is 0 Å². The molecule has 1 aliphatic heterocycles. The van der Waals surface area contributed by atoms with E-state index in [0.29, 0.717) is 12.0 Å². The van der Waals surface area contributed by atoms with E-state index < -0.39 is 0 Å². The molecule has 3 aliphatic rings. The maximum absolute atomic E-state index is 6.13. The lowest BCUT2D eigenvalue weighted by Gasteiger charge is -2.30. The Morgan fingerprint density at radius 2 is 1.92 bits per heavy atom. The standard InChI is InChI=1S/C19H21ClN4/c20-15-4-3-14-11-24(8-7-13(14)9-15)18-10-17(12-1-2-12)22-19(23-18)21-16-5-6-16/h3-4,9-10,12,16H,1-2,5-8,11H2,(H,21,22,23). The third kappa shape index (κ3) is 2.95. The first-order valence-corrected chi connectivity index (χ1v) is 9.30. The zero-order chi connectivity index (χ0) is 16.1. The van der Waals surface area contributed by atoms with Crippen molar-refractivity contribution in [3.8, 4) is 0 Å². The van der Waals surface area contributed by atoms with Crippen molar-refractivity contribution in [2.45, 2.75) is 50.6 Å². The van der Waals surface area contributed by atoms with E-state index in [1.165, 1.54) is 42.5 Å². The van der Waals surface area contributed by atoms with Gasteiger partial charge in [0.25, 0.3) is 0 Å². The fourth-order valence-corrected chi connectivity index (χ4v) is 3.59. The van der Waals surface area contributed by atoms with Crippen LogP contribution >= 0.6 is 11.6 Å². The van der Waals surface area contributed by atoms with Crippen LogP contribution in [0, 0.1) is 0 Å². The zero-order valence-corrected chi connectivity index (χ0v) is 14.4. The number of nitrogens with zero attached hydrogens (tertiary/aromatic N) is 3. The van der Waals surface area contributed by atoms with Crippen LogP contribution in [0.4, 0.5) is 11.8 Å². The molecule has 2 fully saturated rings. The Labute approximate surface area is 147 Å². The average molecular weight is 341 g/mol. The number of halogens is 1. The molecule has 0 atom stereocenters. The molecule has 0 radical (unpaired) electrons. The summed E-state index contributed by atoms with van der Waals surface area (Å²) < 4.78 is 0. The van der Waals surface area contributed by atoms with E-state index in [1.807, 2.05) is 6.07 Å². The Morgan fingerprint density at radius 1 is 1.04 bits per heavy atom. The summed E-state index contributed by atoms with van der Waals surface area (Å²) >= 11 is 6.13. The number of nitrogens with one attached hydrogen (secondary N) is 1. The molecule has 2 saturated carbocycles. The number of rotatable bonds is 4. The van der Waals surface area contributed by atoms with Crippen molar-refractivity contribution in [2.75, 3.05) is 16.8 Å². The van der Waals surface area contributed by atoms with E-state index in [2.05, 4.69) is 28.4 Å². The van der Waals surface area contributed by atoms with E-state index in [-0.39, 0.29) is 0 Å². The van der Waals surface area contributed by atoms with Crippen LogP contribution in [-0.2, 0) is 13.0 Å². The van der Waals surface area contributed by atoms with Gasteiger partial charge in [-0.05, 0) is 55.4 Å². The van der Waals surface area contributed by atoms with Crippen molar-refractivity contribution in [3.63, 3.8) is 0 Å². The van der Waals surface area contributed by atoms with Gasteiger partial charge < -0.3 is 10.2 Å². The van der Waals surface area contributed by atoms with Crippen LogP contribution in [0.15, 0.2) is 24.3 Å². The Hall–Kier alpha value is -1.81. The molecule has 5 heteroatoms. The third-order valence-electron chi connectivity index (χ3n) is 5.14. The van der Waals surface area contributed by atoms with Gasteiger partial charge in [-0.25, -0.2) is 4.98 Å². The highest BCUT2D eigenvalue weighted by Gasteiger charge is 2.29. The molecular formula is C19H21ClN4. The van der Waals surface area contributed by atoms with Gasteiger partial charge in [0.1, 0.15) is 5.82 Å². The van der Waals surface area contributed by atoms with Crippen molar-refractivity contribution >= 4 is 23.4 Å². The molecule has 2 heterocycles. The Kier molecular flexibility index (Phi) is 3.40. The van der Waals surface area contributed by atoms with Crippen LogP contribution in [0.3, 0.4) is 0 Å². The minimum Gasteiger partial charge on any atom is -0.352 e. The molecule has 2 aliphatic carbocycles. The minimum absolute atomic E-state index is 0.580. The largest absolute Gasteiger partial charge is 0.352 e. The highest BCUT2D eigenvalue weighted by Crippen LogP contribution is 2.41. The first-order chi connectivity index (χ1) is 11.7. The highest BCUT2D eigenvalue weighted by molar-refractivity contribution is 6.30. The molecule has 1 aromatic carbocycles. The molecule has 0 spiro atoms. The number of hydrogen-bond acceptors (Lipinski definition) is 4. The lowest BCUT2D eigenvalue weighted by atomic mass is 10.00. The van der Waals surface area contributed by atoms with Crippen molar-refractivity contribution in [1.29, 1.82) is 0 Å². The molecule has 5 rings (SSSR count). The van der Waals surface area contributed by atoms with Gasteiger partial charge in [0.15, 0.2) is 0 Å². The normalized spacial score (nSPS) is 20.0. The van der Waals surface area contributed by atoms with Gasteiger partial charge in [0, 0.05) is 36.1 Å². The molecule has 0 bridgehead atoms. The molecule has 124 valence electrons. The van der Waals surface area contributed by atoms with Gasteiger partial charge in [-0.1, -0.05) is 17.7 Å². The van der Waals surface area contributed by atoms with Gasteiger partial charge in [-0.2, -0.15) is 4.98 Å². The van der Waals surface area contributed by atoms with Crippen LogP contribution in [-0.4, -0.2) is 22.6 Å². The van der Waals surface area contributed by atoms with Crippen LogP contribution in [0.5, 0.6) is 0 Å². The maximum Gasteiger partial charge on any atom is 0.225 e. The molecule has 2 aromatic rings. The number of fused-ring (bicyclic) bond motifs is 1. The maximum atomic E-state index is 6.13. The first kappa shape index (κ1) is 14.5. The monoisotopic (exact) mass is 340 g/mol. The van der Waals surface area contributed by atoms with Gasteiger partial charge >= 0.3 is 0 Å². The Balaban J connectivity index is 1.45. The number of hydrogen-bond donors (Lipinski definition) is 1. The van der Waals surface area contributed by atoms with E-state index >= 15 is 0 Å². The highest BCUT2D eigenvalue weighted by atomic mass is 35.5. The Morgan fingerprint density at radius 3 is 2.71 bits per heavy atom. The fourth-order valence-electron chi connectivity index (χ4n) is 3.39. The molecule has 0 unspecified atom stereocenters. The smallest absolute Gasteiger partial charge is 0.225 e. The van der Waals surface area contributed by atoms with Gasteiger partial charge in [-0.15, -0.1) is 0 Å². The number of anilines is 2. The fraction of sp³-hybridized carbons (Fsp3) is 0.474. The van der Waals surface area contributed by atoms with Gasteiger partial charge in [0.05, 0.1) is 5.69 Å². The lowest BCUT2D eigenvalue weighted by molar-refractivity contribution is 0.717. The summed E-state index contributed by atoms with van der Waals surface area (Å²) in [5.74, 6) is 2.52. The van der Waals surface area contributed by atoms with Crippen LogP contribution in [0.1, 0.15) is 48.4 Å². The average Bonchev–Trinajstić information content (AvgIpc) is 3.47. The third-order valence-corrected chi connectivity index (χ3v) is 5.38. The van der Waals surface area contributed by atoms with Gasteiger partial charge in [0.2, 0.25) is 5.95 Å². The lowest BCUT2D eigenvalue weighted by Crippen LogP contribution is -2.31. The van der Waals surface area contributed by atoms with Crippen molar-refractivity contribution in [1.82, 2.24) is 9.97 Å². The topological polar surface area (TPSA) is 41.1 Å². The van der Waals surface area contributed by atoms with E-state index in [4.69, 9.17) is 21.6 Å². The van der Waals surface area contributed by atoms with Crippen LogP contribution in [0.2, 0.25) is 5.02 Å². The molecule has 0 saturated heterocycles. The SMILES string of the molecule is Clc1ccc2c(c1)CCN(c1cc(C3CC3)nc(NC3CC3)n1)C2. The summed E-state index contributed by atoms with van der Waals surface area (Å²) in [6, 6.07) is 9.02. The minimum atomic E-state index is 0.580. The quantitative estimate of drug-likeness (QED) is 0.908. The second-order valence-electron chi connectivity index (χ2n) is 7.25. The second-order valence-corrected chi connectivity index (χ2v) is 7.69. The molecule has 24 heavy (non-hydrogen) atoms. The molecule has 1 N–H and O–H groups in total. The second kappa shape index (κ2) is 5.62. The summed E-state index contributed by atoms with van der Waals surface area (Å²) in [5, 5.41) is 4.31. The summed E-state index contributed by atoms with van der Waals surface area (Å²) in [6.45, 7) is 1.88. The zero-order valence-electron chi connectivity index (χ0n) is 13.6. The van der Waals surface area contributed by atoms with E-state index in [9.17, 15) is 0 Å². The van der Waals surface area contributed by atoms with E-state index in [0.717, 1.165) is 36.3 Å². The predicted molar refractivity (Wildman–Crippen MR) is 96.9 cm³/mol. The summed E-state index contributed by atoms with van der Waals surface area (Å²) in [4.78, 5) is 12.0. The Bertz CT molecular complexity index is 783. The molecular weight excluding hydrogens is 320 g/mol. The van der Waals surface area contributed by atoms with Crippen molar-refractivity contribution < 1.29 is 0 Å². The predicted octanol–water partition coefficient (Wildman–Crippen LogP) is 4.14. The molecule has 4 nitrogen and oxygen atoms in total. The summed E-state index contributed by atoms with van der Waals surface area (Å²) in [6.07, 6.45) is 6.03. The van der Waals surface area contributed by atoms with Crippen molar-refractivity contribution in [3.05, 3.63) is 46.1 Å². The van der Waals surface area contributed by atoms with E-state index in [1.54, 1.807) is 0 Å².